The summed E-state index contributed by atoms with van der Waals surface area (Å²) in [5, 5.41) is 0.684. The minimum atomic E-state index is 0.298. The first-order chi connectivity index (χ1) is 9.04. The van der Waals surface area contributed by atoms with Crippen molar-refractivity contribution in [3.63, 3.8) is 0 Å². The molecule has 1 aliphatic heterocycles. The summed E-state index contributed by atoms with van der Waals surface area (Å²) in [5.74, 6) is 0.765. The van der Waals surface area contributed by atoms with Crippen LogP contribution in [0.2, 0.25) is 5.02 Å². The van der Waals surface area contributed by atoms with Crippen LogP contribution in [0, 0.1) is 6.92 Å². The molecule has 0 amide bonds. The summed E-state index contributed by atoms with van der Waals surface area (Å²) >= 11 is 6.14. The van der Waals surface area contributed by atoms with Gasteiger partial charge in [-0.15, -0.1) is 0 Å². The maximum atomic E-state index is 6.14. The number of aryl methyl sites for hydroxylation is 1. The molecule has 1 saturated heterocycles. The third kappa shape index (κ3) is 4.37. The molecule has 2 rings (SSSR count). The van der Waals surface area contributed by atoms with Gasteiger partial charge < -0.3 is 9.47 Å². The van der Waals surface area contributed by atoms with Gasteiger partial charge in [0.05, 0.1) is 17.2 Å². The number of morpholine rings is 1. The van der Waals surface area contributed by atoms with Crippen molar-refractivity contribution in [2.75, 3.05) is 26.2 Å². The Labute approximate surface area is 120 Å². The standard InChI is InChI=1S/C15H22ClNO2/c1-11-4-5-15(14(16)8-11)18-7-6-17-9-12(2)19-13(3)10-17/h4-5,8,12-13H,6-7,9-10H2,1-3H3. The highest BCUT2D eigenvalue weighted by Crippen LogP contribution is 2.25. The molecular weight excluding hydrogens is 262 g/mol. The smallest absolute Gasteiger partial charge is 0.137 e. The zero-order chi connectivity index (χ0) is 13.8. The monoisotopic (exact) mass is 283 g/mol. The van der Waals surface area contributed by atoms with E-state index in [0.717, 1.165) is 30.9 Å². The third-order valence-electron chi connectivity index (χ3n) is 3.25. The Kier molecular flexibility index (Phi) is 5.08. The number of hydrogen-bond donors (Lipinski definition) is 0. The average molecular weight is 284 g/mol. The molecule has 1 heterocycles. The molecule has 1 fully saturated rings. The molecule has 0 aromatic heterocycles. The van der Waals surface area contributed by atoms with Crippen LogP contribution in [-0.4, -0.2) is 43.3 Å². The Morgan fingerprint density at radius 1 is 1.32 bits per heavy atom. The van der Waals surface area contributed by atoms with Crippen LogP contribution in [-0.2, 0) is 4.74 Å². The molecule has 4 heteroatoms. The van der Waals surface area contributed by atoms with Crippen molar-refractivity contribution >= 4 is 11.6 Å². The Morgan fingerprint density at radius 2 is 2.00 bits per heavy atom. The van der Waals surface area contributed by atoms with Crippen LogP contribution in [0.25, 0.3) is 0 Å². The predicted octanol–water partition coefficient (Wildman–Crippen LogP) is 3.14. The Bertz CT molecular complexity index is 415. The van der Waals surface area contributed by atoms with E-state index in [0.29, 0.717) is 23.8 Å². The number of nitrogens with zero attached hydrogens (tertiary/aromatic N) is 1. The highest BCUT2D eigenvalue weighted by Gasteiger charge is 2.21. The van der Waals surface area contributed by atoms with Crippen molar-refractivity contribution in [3.05, 3.63) is 28.8 Å². The fourth-order valence-electron chi connectivity index (χ4n) is 2.47. The van der Waals surface area contributed by atoms with Crippen molar-refractivity contribution in [3.8, 4) is 5.75 Å². The van der Waals surface area contributed by atoms with Gasteiger partial charge in [-0.25, -0.2) is 0 Å². The fourth-order valence-corrected chi connectivity index (χ4v) is 2.76. The van der Waals surface area contributed by atoms with Crippen LogP contribution in [0.15, 0.2) is 18.2 Å². The van der Waals surface area contributed by atoms with Gasteiger partial charge in [0, 0.05) is 19.6 Å². The highest BCUT2D eigenvalue weighted by molar-refractivity contribution is 6.32. The summed E-state index contributed by atoms with van der Waals surface area (Å²) in [5.41, 5.74) is 1.15. The second-order valence-corrected chi connectivity index (χ2v) is 5.71. The summed E-state index contributed by atoms with van der Waals surface area (Å²) < 4.78 is 11.5. The van der Waals surface area contributed by atoms with E-state index in [4.69, 9.17) is 21.1 Å². The lowest BCUT2D eigenvalue weighted by molar-refractivity contribution is -0.0699. The molecule has 0 N–H and O–H groups in total. The van der Waals surface area contributed by atoms with Gasteiger partial charge in [-0.3, -0.25) is 4.90 Å². The van der Waals surface area contributed by atoms with E-state index >= 15 is 0 Å². The summed E-state index contributed by atoms with van der Waals surface area (Å²) in [4.78, 5) is 2.38. The van der Waals surface area contributed by atoms with E-state index in [1.807, 2.05) is 25.1 Å². The van der Waals surface area contributed by atoms with Crippen molar-refractivity contribution in [2.45, 2.75) is 33.0 Å². The van der Waals surface area contributed by atoms with Gasteiger partial charge >= 0.3 is 0 Å². The maximum absolute atomic E-state index is 6.14. The molecule has 3 nitrogen and oxygen atoms in total. The molecule has 0 spiro atoms. The zero-order valence-electron chi connectivity index (χ0n) is 11.9. The van der Waals surface area contributed by atoms with Gasteiger partial charge in [0.1, 0.15) is 12.4 Å². The molecule has 19 heavy (non-hydrogen) atoms. The van der Waals surface area contributed by atoms with E-state index in [1.165, 1.54) is 0 Å². The van der Waals surface area contributed by atoms with Gasteiger partial charge in [-0.2, -0.15) is 0 Å². The maximum Gasteiger partial charge on any atom is 0.137 e. The van der Waals surface area contributed by atoms with Crippen molar-refractivity contribution in [1.82, 2.24) is 4.90 Å². The number of ether oxygens (including phenoxy) is 2. The fraction of sp³-hybridized carbons (Fsp3) is 0.600. The molecule has 1 aliphatic rings. The second-order valence-electron chi connectivity index (χ2n) is 5.30. The molecule has 0 bridgehead atoms. The van der Waals surface area contributed by atoms with Crippen molar-refractivity contribution in [2.24, 2.45) is 0 Å². The first-order valence-corrected chi connectivity index (χ1v) is 7.19. The normalized spacial score (nSPS) is 24.4. The molecule has 0 aliphatic carbocycles. The Morgan fingerprint density at radius 3 is 2.63 bits per heavy atom. The van der Waals surface area contributed by atoms with Crippen LogP contribution in [0.5, 0.6) is 5.75 Å². The van der Waals surface area contributed by atoms with E-state index in [9.17, 15) is 0 Å². The largest absolute Gasteiger partial charge is 0.491 e. The van der Waals surface area contributed by atoms with Gasteiger partial charge in [0.2, 0.25) is 0 Å². The Balaban J connectivity index is 1.80. The summed E-state index contributed by atoms with van der Waals surface area (Å²) in [6, 6.07) is 5.87. The summed E-state index contributed by atoms with van der Waals surface area (Å²) in [6.07, 6.45) is 0.596. The van der Waals surface area contributed by atoms with Crippen LogP contribution in [0.1, 0.15) is 19.4 Å². The number of rotatable bonds is 4. The molecular formula is C15H22ClNO2. The summed E-state index contributed by atoms with van der Waals surface area (Å²) in [6.45, 7) is 9.74. The lowest BCUT2D eigenvalue weighted by Gasteiger charge is -2.35. The number of halogens is 1. The van der Waals surface area contributed by atoms with Gasteiger partial charge in [-0.05, 0) is 38.5 Å². The lowest BCUT2D eigenvalue weighted by Crippen LogP contribution is -2.46. The number of benzene rings is 1. The minimum absolute atomic E-state index is 0.298. The third-order valence-corrected chi connectivity index (χ3v) is 3.54. The first-order valence-electron chi connectivity index (χ1n) is 6.81. The van der Waals surface area contributed by atoms with Crippen LogP contribution in [0.4, 0.5) is 0 Å². The second kappa shape index (κ2) is 6.60. The minimum Gasteiger partial charge on any atom is -0.491 e. The molecule has 2 atom stereocenters. The van der Waals surface area contributed by atoms with Crippen molar-refractivity contribution < 1.29 is 9.47 Å². The number of hydrogen-bond acceptors (Lipinski definition) is 3. The predicted molar refractivity (Wildman–Crippen MR) is 78.1 cm³/mol. The van der Waals surface area contributed by atoms with E-state index in [-0.39, 0.29) is 0 Å². The topological polar surface area (TPSA) is 21.7 Å². The van der Waals surface area contributed by atoms with E-state index < -0.39 is 0 Å². The lowest BCUT2D eigenvalue weighted by atomic mass is 10.2. The van der Waals surface area contributed by atoms with E-state index in [2.05, 4.69) is 18.7 Å². The molecule has 1 aromatic rings. The first kappa shape index (κ1) is 14.6. The zero-order valence-corrected chi connectivity index (χ0v) is 12.6. The van der Waals surface area contributed by atoms with Gasteiger partial charge in [0.15, 0.2) is 0 Å². The van der Waals surface area contributed by atoms with E-state index in [1.54, 1.807) is 0 Å². The summed E-state index contributed by atoms with van der Waals surface area (Å²) in [7, 11) is 0. The average Bonchev–Trinajstić information content (AvgIpc) is 2.30. The van der Waals surface area contributed by atoms with Crippen LogP contribution < -0.4 is 4.74 Å². The van der Waals surface area contributed by atoms with Crippen LogP contribution >= 0.6 is 11.6 Å². The highest BCUT2D eigenvalue weighted by atomic mass is 35.5. The van der Waals surface area contributed by atoms with Gasteiger partial charge in [-0.1, -0.05) is 17.7 Å². The van der Waals surface area contributed by atoms with Crippen LogP contribution in [0.3, 0.4) is 0 Å². The molecule has 1 aromatic carbocycles. The van der Waals surface area contributed by atoms with Gasteiger partial charge in [0.25, 0.3) is 0 Å². The molecule has 0 saturated carbocycles. The van der Waals surface area contributed by atoms with Crippen molar-refractivity contribution in [1.29, 1.82) is 0 Å². The molecule has 0 radical (unpaired) electrons. The quantitative estimate of drug-likeness (QED) is 0.847. The molecule has 106 valence electrons. The SMILES string of the molecule is Cc1ccc(OCCN2CC(C)OC(C)C2)c(Cl)c1. The molecule has 2 unspecified atom stereocenters. The Hall–Kier alpha value is -0.770.